The predicted octanol–water partition coefficient (Wildman–Crippen LogP) is 5.94. The number of methoxy groups -OCH3 is 1. The molecule has 0 bridgehead atoms. The number of anilines is 1. The Kier molecular flexibility index (Phi) is 16.3. The number of amides is 1. The van der Waals surface area contributed by atoms with Crippen LogP contribution in [0.25, 0.3) is 0 Å². The Morgan fingerprint density at radius 1 is 0.794 bits per heavy atom. The summed E-state index contributed by atoms with van der Waals surface area (Å²) in [6, 6.07) is 6.20. The lowest BCUT2D eigenvalue weighted by Crippen LogP contribution is -2.38. The molecule has 0 radical (unpaired) electrons. The van der Waals surface area contributed by atoms with E-state index in [1.54, 1.807) is 12.1 Å². The van der Waals surface area contributed by atoms with Gasteiger partial charge < -0.3 is 20.5 Å². The molecule has 1 rings (SSSR count). The van der Waals surface area contributed by atoms with Gasteiger partial charge in [-0.15, -0.1) is 0 Å². The van der Waals surface area contributed by atoms with E-state index in [1.807, 2.05) is 12.1 Å². The van der Waals surface area contributed by atoms with Crippen molar-refractivity contribution in [3.05, 3.63) is 29.8 Å². The summed E-state index contributed by atoms with van der Waals surface area (Å²) >= 11 is 0. The fourth-order valence-corrected chi connectivity index (χ4v) is 3.75. The summed E-state index contributed by atoms with van der Waals surface area (Å²) in [4.78, 5) is 33.8. The van der Waals surface area contributed by atoms with E-state index in [0.29, 0.717) is 12.0 Å². The van der Waals surface area contributed by atoms with Gasteiger partial charge in [-0.05, 0) is 44.0 Å². The maximum atomic E-state index is 12.0. The molecule has 1 aromatic rings. The van der Waals surface area contributed by atoms with Crippen LogP contribution in [-0.4, -0.2) is 42.6 Å². The molecular weight excluding hydrogens is 432 g/mol. The van der Waals surface area contributed by atoms with Crippen LogP contribution in [0.15, 0.2) is 24.3 Å². The number of aliphatic carboxylic acids is 1. The Morgan fingerprint density at radius 2 is 1.26 bits per heavy atom. The van der Waals surface area contributed by atoms with Gasteiger partial charge in [0.15, 0.2) is 0 Å². The van der Waals surface area contributed by atoms with Crippen LogP contribution in [0.5, 0.6) is 0 Å². The van der Waals surface area contributed by atoms with Crippen molar-refractivity contribution >= 4 is 23.5 Å². The summed E-state index contributed by atoms with van der Waals surface area (Å²) in [7, 11) is 1.45. The molecule has 0 saturated carbocycles. The molecule has 0 saturated heterocycles. The lowest BCUT2D eigenvalue weighted by atomic mass is 10.0. The molecule has 0 aromatic heterocycles. The average molecular weight is 477 g/mol. The molecule has 0 spiro atoms. The number of hydrogen-bond donors (Lipinski definition) is 3. The minimum atomic E-state index is -1.05. The Hall–Kier alpha value is -2.57. The van der Waals surface area contributed by atoms with Crippen LogP contribution in [0, 0.1) is 0 Å². The van der Waals surface area contributed by atoms with E-state index in [4.69, 9.17) is 5.11 Å². The first-order valence-electron chi connectivity index (χ1n) is 12.9. The number of rotatable bonds is 20. The van der Waals surface area contributed by atoms with Crippen molar-refractivity contribution in [3.63, 3.8) is 0 Å². The molecule has 0 aliphatic carbocycles. The Balaban J connectivity index is 1.92. The molecule has 0 aliphatic rings. The summed E-state index contributed by atoms with van der Waals surface area (Å²) < 4.78 is 4.65. The van der Waals surface area contributed by atoms with Gasteiger partial charge in [0.05, 0.1) is 7.11 Å². The molecule has 0 heterocycles. The molecule has 1 atom stereocenters. The molecule has 192 valence electrons. The van der Waals surface area contributed by atoms with Gasteiger partial charge in [-0.1, -0.05) is 70.6 Å². The molecule has 1 aromatic carbocycles. The summed E-state index contributed by atoms with van der Waals surface area (Å²) in [5, 5.41) is 14.7. The van der Waals surface area contributed by atoms with E-state index < -0.39 is 12.0 Å². The lowest BCUT2D eigenvalue weighted by Gasteiger charge is -2.10. The first kappa shape index (κ1) is 29.5. The number of benzene rings is 1. The van der Waals surface area contributed by atoms with Crippen molar-refractivity contribution < 1.29 is 24.2 Å². The molecule has 1 unspecified atom stereocenters. The van der Waals surface area contributed by atoms with Gasteiger partial charge in [0, 0.05) is 24.2 Å². The fraction of sp³-hybridized carbons (Fsp3) is 0.667. The van der Waals surface area contributed by atoms with Crippen LogP contribution in [0.2, 0.25) is 0 Å². The van der Waals surface area contributed by atoms with E-state index in [9.17, 15) is 14.4 Å². The molecule has 0 fully saturated rings. The highest BCUT2D eigenvalue weighted by molar-refractivity contribution is 5.96. The Labute approximate surface area is 205 Å². The molecule has 3 N–H and O–H groups in total. The number of hydrogen-bond acceptors (Lipinski definition) is 5. The number of carboxylic acid groups (broad SMARTS) is 1. The zero-order chi connectivity index (χ0) is 25.0. The van der Waals surface area contributed by atoms with Crippen molar-refractivity contribution in [1.29, 1.82) is 0 Å². The largest absolute Gasteiger partial charge is 0.480 e. The summed E-state index contributed by atoms with van der Waals surface area (Å²) in [6.07, 6.45) is 16.6. The third-order valence-corrected chi connectivity index (χ3v) is 5.98. The summed E-state index contributed by atoms with van der Waals surface area (Å²) in [5.74, 6) is -1.53. The van der Waals surface area contributed by atoms with Gasteiger partial charge >= 0.3 is 11.9 Å². The van der Waals surface area contributed by atoms with Crippen molar-refractivity contribution in [2.45, 2.75) is 103 Å². The minimum Gasteiger partial charge on any atom is -0.480 e. The van der Waals surface area contributed by atoms with Crippen LogP contribution in [0.4, 0.5) is 5.69 Å². The van der Waals surface area contributed by atoms with Crippen molar-refractivity contribution in [3.8, 4) is 0 Å². The highest BCUT2D eigenvalue weighted by atomic mass is 16.5. The summed E-state index contributed by atoms with van der Waals surface area (Å²) in [6.45, 7) is 2.35. The third-order valence-electron chi connectivity index (χ3n) is 5.98. The second kappa shape index (κ2) is 18.8. The van der Waals surface area contributed by atoms with Gasteiger partial charge in [-0.2, -0.15) is 0 Å². The SMILES string of the molecule is COC(=O)CCCCCCCCCCCCCCCNc1ccc(C(=O)NC(C)C(=O)O)cc1. The fourth-order valence-electron chi connectivity index (χ4n) is 3.75. The van der Waals surface area contributed by atoms with Crippen molar-refractivity contribution in [2.24, 2.45) is 0 Å². The molecule has 1 amide bonds. The number of carbonyl (C=O) groups is 3. The standard InChI is InChI=1S/C27H44N2O5/c1-22(27(32)33)29-26(31)23-17-19-24(20-18-23)28-21-15-13-11-9-7-5-3-4-6-8-10-12-14-16-25(30)34-2/h17-20,22,28H,3-16,21H2,1-2H3,(H,29,31)(H,32,33). The first-order valence-corrected chi connectivity index (χ1v) is 12.9. The van der Waals surface area contributed by atoms with Crippen molar-refractivity contribution in [1.82, 2.24) is 5.32 Å². The highest BCUT2D eigenvalue weighted by Gasteiger charge is 2.14. The van der Waals surface area contributed by atoms with Crippen LogP contribution < -0.4 is 10.6 Å². The number of carbonyl (C=O) groups excluding carboxylic acids is 2. The zero-order valence-corrected chi connectivity index (χ0v) is 21.1. The van der Waals surface area contributed by atoms with Crippen LogP contribution in [0.1, 0.15) is 107 Å². The van der Waals surface area contributed by atoms with E-state index in [1.165, 1.54) is 78.2 Å². The predicted molar refractivity (Wildman–Crippen MR) is 136 cm³/mol. The van der Waals surface area contributed by atoms with E-state index in [0.717, 1.165) is 31.5 Å². The molecule has 0 aliphatic heterocycles. The number of ether oxygens (including phenoxy) is 1. The number of carboxylic acids is 1. The Morgan fingerprint density at radius 3 is 1.74 bits per heavy atom. The highest BCUT2D eigenvalue weighted by Crippen LogP contribution is 2.14. The topological polar surface area (TPSA) is 105 Å². The van der Waals surface area contributed by atoms with Crippen molar-refractivity contribution in [2.75, 3.05) is 19.0 Å². The third kappa shape index (κ3) is 14.6. The normalized spacial score (nSPS) is 11.6. The monoisotopic (exact) mass is 476 g/mol. The number of unbranched alkanes of at least 4 members (excludes halogenated alkanes) is 12. The van der Waals surface area contributed by atoms with Gasteiger partial charge in [-0.3, -0.25) is 14.4 Å². The van der Waals surface area contributed by atoms with E-state index >= 15 is 0 Å². The molecule has 7 heteroatoms. The maximum absolute atomic E-state index is 12.0. The Bertz CT molecular complexity index is 705. The first-order chi connectivity index (χ1) is 16.4. The molecule has 34 heavy (non-hydrogen) atoms. The average Bonchev–Trinajstić information content (AvgIpc) is 2.83. The van der Waals surface area contributed by atoms with Crippen LogP contribution in [0.3, 0.4) is 0 Å². The van der Waals surface area contributed by atoms with Gasteiger partial charge in [0.2, 0.25) is 0 Å². The van der Waals surface area contributed by atoms with Gasteiger partial charge in [0.1, 0.15) is 6.04 Å². The molecular formula is C27H44N2O5. The summed E-state index contributed by atoms with van der Waals surface area (Å²) in [5.41, 5.74) is 1.42. The minimum absolute atomic E-state index is 0.0970. The second-order valence-electron chi connectivity index (χ2n) is 8.96. The smallest absolute Gasteiger partial charge is 0.325 e. The second-order valence-corrected chi connectivity index (χ2v) is 8.96. The number of esters is 1. The number of nitrogens with one attached hydrogen (secondary N) is 2. The quantitative estimate of drug-likeness (QED) is 0.159. The van der Waals surface area contributed by atoms with Gasteiger partial charge in [-0.25, -0.2) is 0 Å². The maximum Gasteiger partial charge on any atom is 0.325 e. The van der Waals surface area contributed by atoms with Crippen LogP contribution >= 0.6 is 0 Å². The zero-order valence-electron chi connectivity index (χ0n) is 21.1. The van der Waals surface area contributed by atoms with Crippen LogP contribution in [-0.2, 0) is 14.3 Å². The lowest BCUT2D eigenvalue weighted by molar-refractivity contribution is -0.141. The van der Waals surface area contributed by atoms with Gasteiger partial charge in [0.25, 0.3) is 5.91 Å². The molecule has 7 nitrogen and oxygen atoms in total. The van der Waals surface area contributed by atoms with E-state index in [2.05, 4.69) is 15.4 Å². The van der Waals surface area contributed by atoms with E-state index in [-0.39, 0.29) is 11.9 Å².